The van der Waals surface area contributed by atoms with Gasteiger partial charge in [-0.25, -0.2) is 18.4 Å². The molecule has 3 heterocycles. The minimum Gasteiger partial charge on any atom is -0.347 e. The Bertz CT molecular complexity index is 672. The summed E-state index contributed by atoms with van der Waals surface area (Å²) < 4.78 is 25.2. The van der Waals surface area contributed by atoms with Crippen LogP contribution in [0.5, 0.6) is 0 Å². The van der Waals surface area contributed by atoms with Crippen molar-refractivity contribution in [2.24, 2.45) is 5.92 Å². The second-order valence-corrected chi connectivity index (χ2v) is 9.26. The number of sulfone groups is 1. The number of rotatable bonds is 3. The Balaban J connectivity index is 1.99. The molecule has 22 heavy (non-hydrogen) atoms. The van der Waals surface area contributed by atoms with E-state index in [9.17, 15) is 8.42 Å². The first-order valence-electron chi connectivity index (χ1n) is 7.75. The summed E-state index contributed by atoms with van der Waals surface area (Å²) in [6.07, 6.45) is 1.69. The number of hydrogen-bond acceptors (Lipinski definition) is 6. The van der Waals surface area contributed by atoms with Crippen molar-refractivity contribution in [1.29, 1.82) is 0 Å². The summed E-state index contributed by atoms with van der Waals surface area (Å²) in [4.78, 5) is 13.1. The van der Waals surface area contributed by atoms with Crippen molar-refractivity contribution in [3.05, 3.63) is 17.5 Å². The quantitative estimate of drug-likeness (QED) is 0.823. The molecule has 0 radical (unpaired) electrons. The molecular formula is C15H24N4O2S. The average Bonchev–Trinajstić information content (AvgIpc) is 2.82. The lowest BCUT2D eigenvalue weighted by Crippen LogP contribution is -2.35. The molecule has 1 aromatic heterocycles. The fourth-order valence-electron chi connectivity index (χ4n) is 3.53. The maximum Gasteiger partial charge on any atom is 0.225 e. The van der Waals surface area contributed by atoms with E-state index in [1.54, 1.807) is 6.20 Å². The van der Waals surface area contributed by atoms with Crippen LogP contribution < -0.4 is 4.90 Å². The van der Waals surface area contributed by atoms with Gasteiger partial charge >= 0.3 is 0 Å². The Hall–Kier alpha value is -1.21. The van der Waals surface area contributed by atoms with Gasteiger partial charge in [-0.1, -0.05) is 13.8 Å². The van der Waals surface area contributed by atoms with Crippen LogP contribution >= 0.6 is 0 Å². The van der Waals surface area contributed by atoms with Gasteiger partial charge in [0.1, 0.15) is 0 Å². The van der Waals surface area contributed by atoms with Crippen molar-refractivity contribution in [2.75, 3.05) is 38.6 Å². The van der Waals surface area contributed by atoms with Crippen LogP contribution in [0.3, 0.4) is 0 Å². The minimum absolute atomic E-state index is 0.0193. The molecular weight excluding hydrogens is 300 g/mol. The van der Waals surface area contributed by atoms with Crippen molar-refractivity contribution in [1.82, 2.24) is 14.9 Å². The molecule has 0 aromatic carbocycles. The summed E-state index contributed by atoms with van der Waals surface area (Å²) in [5.74, 6) is 1.24. The predicted molar refractivity (Wildman–Crippen MR) is 86.8 cm³/mol. The smallest absolute Gasteiger partial charge is 0.225 e. The largest absolute Gasteiger partial charge is 0.347 e. The van der Waals surface area contributed by atoms with Crippen LogP contribution in [0.2, 0.25) is 0 Å². The molecule has 2 aliphatic heterocycles. The summed E-state index contributed by atoms with van der Waals surface area (Å²) in [6.45, 7) is 6.67. The summed E-state index contributed by atoms with van der Waals surface area (Å²) in [7, 11) is 0.692. The lowest BCUT2D eigenvalue weighted by Gasteiger charge is -2.27. The van der Waals surface area contributed by atoms with Gasteiger partial charge in [-0.3, -0.25) is 0 Å². The van der Waals surface area contributed by atoms with Crippen LogP contribution in [0.1, 0.15) is 31.0 Å². The second-order valence-electron chi connectivity index (χ2n) is 7.04. The van der Waals surface area contributed by atoms with Gasteiger partial charge in [0.2, 0.25) is 5.95 Å². The maximum absolute atomic E-state index is 12.6. The lowest BCUT2D eigenvalue weighted by molar-refractivity contribution is 0.294. The number of anilines is 1. The van der Waals surface area contributed by atoms with Crippen molar-refractivity contribution in [2.45, 2.75) is 30.8 Å². The fourth-order valence-corrected chi connectivity index (χ4v) is 5.55. The lowest BCUT2D eigenvalue weighted by atomic mass is 10.00. The first-order chi connectivity index (χ1) is 10.3. The Morgan fingerprint density at radius 3 is 2.73 bits per heavy atom. The molecule has 1 saturated heterocycles. The van der Waals surface area contributed by atoms with E-state index >= 15 is 0 Å². The number of likely N-dealkylation sites (tertiary alicyclic amines) is 1. The standard InChI is InChI=1S/C15H24N4O2S/c1-10(2)6-19-7-12-13(8-19)22(20,21)9-11-5-16-15(18(3)4)17-14(11)12/h5,10,12-13H,6-9H2,1-4H3/t12-,13-/m0/s1. The van der Waals surface area contributed by atoms with E-state index in [1.807, 2.05) is 19.0 Å². The highest BCUT2D eigenvalue weighted by atomic mass is 32.2. The van der Waals surface area contributed by atoms with Gasteiger partial charge in [0.15, 0.2) is 9.84 Å². The van der Waals surface area contributed by atoms with Crippen LogP contribution in [0.25, 0.3) is 0 Å². The summed E-state index contributed by atoms with van der Waals surface area (Å²) in [5.41, 5.74) is 1.71. The van der Waals surface area contributed by atoms with Gasteiger partial charge in [-0.15, -0.1) is 0 Å². The maximum atomic E-state index is 12.6. The molecule has 6 nitrogen and oxygen atoms in total. The molecule has 0 spiro atoms. The summed E-state index contributed by atoms with van der Waals surface area (Å²) in [5, 5.41) is -0.316. The average molecular weight is 324 g/mol. The highest BCUT2D eigenvalue weighted by Gasteiger charge is 2.47. The first kappa shape index (κ1) is 15.7. The second kappa shape index (κ2) is 5.45. The minimum atomic E-state index is -3.11. The molecule has 7 heteroatoms. The van der Waals surface area contributed by atoms with Gasteiger partial charge in [0, 0.05) is 51.4 Å². The van der Waals surface area contributed by atoms with Gasteiger partial charge in [-0.2, -0.15) is 0 Å². The number of hydrogen-bond donors (Lipinski definition) is 0. The van der Waals surface area contributed by atoms with E-state index in [-0.39, 0.29) is 16.9 Å². The molecule has 3 rings (SSSR count). The summed E-state index contributed by atoms with van der Waals surface area (Å²) >= 11 is 0. The van der Waals surface area contributed by atoms with E-state index in [2.05, 4.69) is 28.7 Å². The van der Waals surface area contributed by atoms with E-state index in [0.29, 0.717) is 18.4 Å². The summed E-state index contributed by atoms with van der Waals surface area (Å²) in [6, 6.07) is 0. The first-order valence-corrected chi connectivity index (χ1v) is 9.46. The van der Waals surface area contributed by atoms with Gasteiger partial charge in [0.25, 0.3) is 0 Å². The van der Waals surface area contributed by atoms with Crippen LogP contribution in [0, 0.1) is 5.92 Å². The van der Waals surface area contributed by atoms with Crippen molar-refractivity contribution in [3.8, 4) is 0 Å². The Kier molecular flexibility index (Phi) is 3.89. The molecule has 1 aromatic rings. The van der Waals surface area contributed by atoms with Gasteiger partial charge in [-0.05, 0) is 5.92 Å². The van der Waals surface area contributed by atoms with Crippen molar-refractivity contribution < 1.29 is 8.42 Å². The molecule has 2 aliphatic rings. The third-order valence-electron chi connectivity index (χ3n) is 4.42. The molecule has 0 aliphatic carbocycles. The molecule has 0 saturated carbocycles. The van der Waals surface area contributed by atoms with E-state index in [1.165, 1.54) is 0 Å². The molecule has 1 fully saturated rings. The zero-order chi connectivity index (χ0) is 16.1. The van der Waals surface area contributed by atoms with Crippen molar-refractivity contribution >= 4 is 15.8 Å². The van der Waals surface area contributed by atoms with Crippen LogP contribution in [0.15, 0.2) is 6.20 Å². The molecule has 0 unspecified atom stereocenters. The van der Waals surface area contributed by atoms with Crippen molar-refractivity contribution in [3.63, 3.8) is 0 Å². The van der Waals surface area contributed by atoms with Crippen LogP contribution in [-0.4, -0.2) is 62.3 Å². The third kappa shape index (κ3) is 2.72. The Labute approximate surface area is 132 Å². The van der Waals surface area contributed by atoms with Crippen LogP contribution in [-0.2, 0) is 15.6 Å². The fraction of sp³-hybridized carbons (Fsp3) is 0.733. The topological polar surface area (TPSA) is 66.4 Å². The SMILES string of the molecule is CC(C)CN1C[C@@H]2c3nc(N(C)C)ncc3CS(=O)(=O)[C@H]2C1. The van der Waals surface area contributed by atoms with E-state index in [0.717, 1.165) is 24.3 Å². The van der Waals surface area contributed by atoms with Gasteiger partial charge in [0.05, 0.1) is 16.7 Å². The molecule has 122 valence electrons. The van der Waals surface area contributed by atoms with E-state index in [4.69, 9.17) is 0 Å². The predicted octanol–water partition coefficient (Wildman–Crippen LogP) is 0.895. The molecule has 0 bridgehead atoms. The zero-order valence-electron chi connectivity index (χ0n) is 13.7. The highest BCUT2D eigenvalue weighted by Crippen LogP contribution is 2.39. The zero-order valence-corrected chi connectivity index (χ0v) is 14.5. The number of aromatic nitrogens is 2. The highest BCUT2D eigenvalue weighted by molar-refractivity contribution is 7.91. The Morgan fingerprint density at radius 1 is 1.36 bits per heavy atom. The normalized spacial score (nSPS) is 26.8. The van der Waals surface area contributed by atoms with Gasteiger partial charge < -0.3 is 9.80 Å². The number of fused-ring (bicyclic) bond motifs is 3. The van der Waals surface area contributed by atoms with E-state index < -0.39 is 9.84 Å². The Morgan fingerprint density at radius 2 is 2.09 bits per heavy atom. The monoisotopic (exact) mass is 324 g/mol. The number of nitrogens with zero attached hydrogens (tertiary/aromatic N) is 4. The third-order valence-corrected chi connectivity index (χ3v) is 6.53. The molecule has 0 amide bonds. The van der Waals surface area contributed by atoms with Crippen LogP contribution in [0.4, 0.5) is 5.95 Å². The molecule has 0 N–H and O–H groups in total. The molecule has 2 atom stereocenters.